The molecule has 1 unspecified atom stereocenters. The molecule has 2 nitrogen and oxygen atoms in total. The number of aryl methyl sites for hydroxylation is 1. The van der Waals surface area contributed by atoms with Gasteiger partial charge in [-0.25, -0.2) is 0 Å². The van der Waals surface area contributed by atoms with Crippen molar-refractivity contribution in [3.63, 3.8) is 0 Å². The van der Waals surface area contributed by atoms with E-state index in [-0.39, 0.29) is 0 Å². The Morgan fingerprint density at radius 3 is 2.54 bits per heavy atom. The van der Waals surface area contributed by atoms with Gasteiger partial charge in [0.05, 0.1) is 6.20 Å². The lowest BCUT2D eigenvalue weighted by Crippen LogP contribution is -2.06. The van der Waals surface area contributed by atoms with Crippen molar-refractivity contribution in [2.75, 3.05) is 0 Å². The Bertz CT molecular complexity index is 228. The molecule has 0 saturated carbocycles. The second-order valence-electron chi connectivity index (χ2n) is 3.25. The summed E-state index contributed by atoms with van der Waals surface area (Å²) >= 11 is 0. The molecular formula is C11H20N2. The Labute approximate surface area is 81.3 Å². The van der Waals surface area contributed by atoms with E-state index >= 15 is 0 Å². The van der Waals surface area contributed by atoms with Crippen molar-refractivity contribution in [1.82, 2.24) is 9.78 Å². The van der Waals surface area contributed by atoms with Gasteiger partial charge in [-0.3, -0.25) is 4.68 Å². The normalized spacial score (nSPS) is 11.6. The molecule has 0 amide bonds. The van der Waals surface area contributed by atoms with Crippen LogP contribution in [0, 0.1) is 12.8 Å². The quantitative estimate of drug-likeness (QED) is 0.654. The average molecular weight is 180 g/mol. The van der Waals surface area contributed by atoms with Gasteiger partial charge >= 0.3 is 0 Å². The largest absolute Gasteiger partial charge is 0.272 e. The van der Waals surface area contributed by atoms with Crippen LogP contribution in [0.3, 0.4) is 0 Å². The van der Waals surface area contributed by atoms with Crippen molar-refractivity contribution in [3.8, 4) is 0 Å². The van der Waals surface area contributed by atoms with Gasteiger partial charge in [0.1, 0.15) is 0 Å². The van der Waals surface area contributed by atoms with E-state index in [4.69, 9.17) is 0 Å². The molecule has 1 atom stereocenters. The fourth-order valence-electron chi connectivity index (χ4n) is 1.02. The number of hydrogen-bond acceptors (Lipinski definition) is 1. The van der Waals surface area contributed by atoms with E-state index in [2.05, 4.69) is 45.2 Å². The van der Waals surface area contributed by atoms with Crippen LogP contribution in [0.5, 0.6) is 0 Å². The van der Waals surface area contributed by atoms with Crippen LogP contribution in [0.4, 0.5) is 0 Å². The van der Waals surface area contributed by atoms with E-state index < -0.39 is 0 Å². The summed E-state index contributed by atoms with van der Waals surface area (Å²) < 4.78 is 2.02. The molecule has 0 radical (unpaired) electrons. The third-order valence-corrected chi connectivity index (χ3v) is 1.96. The van der Waals surface area contributed by atoms with Gasteiger partial charge in [0.15, 0.2) is 0 Å². The lowest BCUT2D eigenvalue weighted by Gasteiger charge is -2.07. The molecule has 0 N–H and O–H groups in total. The van der Waals surface area contributed by atoms with Crippen LogP contribution in [0.25, 0.3) is 0 Å². The SMILES string of the molecule is C=C.CCC(C)Cn1cc(C)cn1. The van der Waals surface area contributed by atoms with Crippen LogP contribution < -0.4 is 0 Å². The summed E-state index contributed by atoms with van der Waals surface area (Å²) in [5.74, 6) is 0.731. The first kappa shape index (κ1) is 11.9. The van der Waals surface area contributed by atoms with Gasteiger partial charge in [-0.15, -0.1) is 13.2 Å². The van der Waals surface area contributed by atoms with Crippen LogP contribution in [-0.4, -0.2) is 9.78 Å². The zero-order chi connectivity index (χ0) is 10.3. The van der Waals surface area contributed by atoms with Crippen molar-refractivity contribution < 1.29 is 0 Å². The third-order valence-electron chi connectivity index (χ3n) is 1.96. The monoisotopic (exact) mass is 180 g/mol. The molecule has 1 aromatic rings. The molecule has 13 heavy (non-hydrogen) atoms. The molecule has 0 fully saturated rings. The van der Waals surface area contributed by atoms with Crippen molar-refractivity contribution in [1.29, 1.82) is 0 Å². The minimum atomic E-state index is 0.731. The van der Waals surface area contributed by atoms with Gasteiger partial charge in [0.25, 0.3) is 0 Å². The molecule has 0 aliphatic rings. The lowest BCUT2D eigenvalue weighted by atomic mass is 10.1. The second kappa shape index (κ2) is 6.46. The third kappa shape index (κ3) is 4.51. The van der Waals surface area contributed by atoms with Crippen LogP contribution >= 0.6 is 0 Å². The summed E-state index contributed by atoms with van der Waals surface area (Å²) in [6, 6.07) is 0. The van der Waals surface area contributed by atoms with E-state index in [1.54, 1.807) is 0 Å². The number of nitrogens with zero attached hydrogens (tertiary/aromatic N) is 2. The zero-order valence-electron chi connectivity index (χ0n) is 8.95. The molecule has 1 rings (SSSR count). The van der Waals surface area contributed by atoms with E-state index in [9.17, 15) is 0 Å². The molecular weight excluding hydrogens is 160 g/mol. The fourth-order valence-corrected chi connectivity index (χ4v) is 1.02. The minimum Gasteiger partial charge on any atom is -0.272 e. The van der Waals surface area contributed by atoms with Gasteiger partial charge in [0, 0.05) is 12.7 Å². The first-order valence-electron chi connectivity index (χ1n) is 4.71. The van der Waals surface area contributed by atoms with E-state index in [1.165, 1.54) is 12.0 Å². The molecule has 1 aromatic heterocycles. The second-order valence-corrected chi connectivity index (χ2v) is 3.25. The highest BCUT2D eigenvalue weighted by atomic mass is 15.3. The van der Waals surface area contributed by atoms with Crippen molar-refractivity contribution in [2.24, 2.45) is 5.92 Å². The van der Waals surface area contributed by atoms with Crippen LogP contribution in [0.2, 0.25) is 0 Å². The van der Waals surface area contributed by atoms with E-state index in [0.717, 1.165) is 12.5 Å². The molecule has 74 valence electrons. The summed E-state index contributed by atoms with van der Waals surface area (Å²) in [7, 11) is 0. The highest BCUT2D eigenvalue weighted by molar-refractivity contribution is 4.99. The van der Waals surface area contributed by atoms with Gasteiger partial charge in [-0.05, 0) is 18.4 Å². The Balaban J connectivity index is 0.000000671. The van der Waals surface area contributed by atoms with Crippen molar-refractivity contribution >= 4 is 0 Å². The Morgan fingerprint density at radius 2 is 2.15 bits per heavy atom. The molecule has 1 heterocycles. The van der Waals surface area contributed by atoms with Gasteiger partial charge < -0.3 is 0 Å². The molecule has 0 aliphatic carbocycles. The number of rotatable bonds is 3. The molecule has 0 aliphatic heterocycles. The summed E-state index contributed by atoms with van der Waals surface area (Å²) in [5.41, 5.74) is 1.24. The van der Waals surface area contributed by atoms with Gasteiger partial charge in [-0.2, -0.15) is 5.10 Å². The Kier molecular flexibility index (Phi) is 5.94. The minimum absolute atomic E-state index is 0.731. The van der Waals surface area contributed by atoms with E-state index in [1.807, 2.05) is 10.9 Å². The van der Waals surface area contributed by atoms with Crippen LogP contribution in [0.1, 0.15) is 25.8 Å². The molecule has 0 aromatic carbocycles. The first-order chi connectivity index (χ1) is 6.22. The molecule has 0 saturated heterocycles. The maximum absolute atomic E-state index is 4.22. The summed E-state index contributed by atoms with van der Waals surface area (Å²) in [6.45, 7) is 13.6. The summed E-state index contributed by atoms with van der Waals surface area (Å²) in [5, 5.41) is 4.22. The predicted octanol–water partition coefficient (Wildman–Crippen LogP) is 3.04. The molecule has 0 bridgehead atoms. The fraction of sp³-hybridized carbons (Fsp3) is 0.545. The Hall–Kier alpha value is -1.05. The summed E-state index contributed by atoms with van der Waals surface area (Å²) in [4.78, 5) is 0. The zero-order valence-corrected chi connectivity index (χ0v) is 8.95. The van der Waals surface area contributed by atoms with E-state index in [0.29, 0.717) is 0 Å². The predicted molar refractivity (Wildman–Crippen MR) is 57.7 cm³/mol. The maximum Gasteiger partial charge on any atom is 0.0518 e. The lowest BCUT2D eigenvalue weighted by molar-refractivity contribution is 0.439. The van der Waals surface area contributed by atoms with Gasteiger partial charge in [0.2, 0.25) is 0 Å². The molecule has 2 heteroatoms. The highest BCUT2D eigenvalue weighted by Gasteiger charge is 1.99. The standard InChI is InChI=1S/C9H16N2.C2H4/c1-4-8(2)6-11-7-9(3)5-10-11;1-2/h5,7-8H,4,6H2,1-3H3;1-2H2. The van der Waals surface area contributed by atoms with Crippen LogP contribution in [-0.2, 0) is 6.54 Å². The topological polar surface area (TPSA) is 17.8 Å². The average Bonchev–Trinajstić information content (AvgIpc) is 2.54. The maximum atomic E-state index is 4.22. The Morgan fingerprint density at radius 1 is 1.54 bits per heavy atom. The molecule has 0 spiro atoms. The van der Waals surface area contributed by atoms with Crippen molar-refractivity contribution in [3.05, 3.63) is 31.1 Å². The van der Waals surface area contributed by atoms with Crippen LogP contribution in [0.15, 0.2) is 25.6 Å². The van der Waals surface area contributed by atoms with Crippen molar-refractivity contribution in [2.45, 2.75) is 33.7 Å². The highest BCUT2D eigenvalue weighted by Crippen LogP contribution is 2.04. The first-order valence-corrected chi connectivity index (χ1v) is 4.71. The number of hydrogen-bond donors (Lipinski definition) is 0. The smallest absolute Gasteiger partial charge is 0.0518 e. The number of aromatic nitrogens is 2. The van der Waals surface area contributed by atoms with Gasteiger partial charge in [-0.1, -0.05) is 20.3 Å². The summed E-state index contributed by atoms with van der Waals surface area (Å²) in [6.07, 6.45) is 5.22.